The smallest absolute Gasteiger partial charge is 0.270 e. The molecule has 8 nitrogen and oxygen atoms in total. The lowest BCUT2D eigenvalue weighted by atomic mass is 9.91. The highest BCUT2D eigenvalue weighted by Crippen LogP contribution is 2.28. The number of carbonyl (C=O) groups is 2. The Morgan fingerprint density at radius 2 is 1.53 bits per heavy atom. The van der Waals surface area contributed by atoms with Gasteiger partial charge in [-0.15, -0.1) is 0 Å². The molecule has 1 saturated carbocycles. The van der Waals surface area contributed by atoms with Crippen LogP contribution in [-0.4, -0.2) is 96.3 Å². The van der Waals surface area contributed by atoms with Gasteiger partial charge in [0.25, 0.3) is 11.8 Å². The summed E-state index contributed by atoms with van der Waals surface area (Å²) in [4.78, 5) is 32.6. The van der Waals surface area contributed by atoms with E-state index in [0.29, 0.717) is 17.3 Å². The number of hydrogen-bond acceptors (Lipinski definition) is 5. The Kier molecular flexibility index (Phi) is 6.18. The van der Waals surface area contributed by atoms with Crippen LogP contribution in [0.2, 0.25) is 0 Å². The SMILES string of the molecule is CC(C)n1c(C(=O)N2CCS(=O)(=O)CC2)cc2cc(C(=O)N3CCN(C4CCC4)CC3)ccc21. The van der Waals surface area contributed by atoms with Gasteiger partial charge >= 0.3 is 0 Å². The number of hydrogen-bond donors (Lipinski definition) is 0. The van der Waals surface area contributed by atoms with Crippen molar-refractivity contribution in [3.8, 4) is 0 Å². The van der Waals surface area contributed by atoms with Gasteiger partial charge in [0.15, 0.2) is 9.84 Å². The van der Waals surface area contributed by atoms with Crippen molar-refractivity contribution in [1.82, 2.24) is 19.3 Å². The van der Waals surface area contributed by atoms with E-state index in [0.717, 1.165) is 37.1 Å². The van der Waals surface area contributed by atoms with Crippen LogP contribution in [0.3, 0.4) is 0 Å². The van der Waals surface area contributed by atoms with Gasteiger partial charge in [0.2, 0.25) is 0 Å². The van der Waals surface area contributed by atoms with Crippen molar-refractivity contribution in [2.75, 3.05) is 50.8 Å². The van der Waals surface area contributed by atoms with Crippen molar-refractivity contribution in [2.24, 2.45) is 0 Å². The highest BCUT2D eigenvalue weighted by Gasteiger charge is 2.31. The Bertz CT molecular complexity index is 1190. The van der Waals surface area contributed by atoms with Gasteiger partial charge in [0.1, 0.15) is 5.69 Å². The maximum Gasteiger partial charge on any atom is 0.270 e. The zero-order chi connectivity index (χ0) is 24.0. The second-order valence-electron chi connectivity index (χ2n) is 10.1. The number of rotatable bonds is 4. The van der Waals surface area contributed by atoms with E-state index >= 15 is 0 Å². The summed E-state index contributed by atoms with van der Waals surface area (Å²) in [6, 6.07) is 8.30. The topological polar surface area (TPSA) is 82.9 Å². The van der Waals surface area contributed by atoms with Gasteiger partial charge in [-0.3, -0.25) is 14.5 Å². The number of piperazine rings is 1. The number of nitrogens with zero attached hydrogens (tertiary/aromatic N) is 4. The number of benzene rings is 1. The maximum atomic E-state index is 13.3. The molecule has 9 heteroatoms. The summed E-state index contributed by atoms with van der Waals surface area (Å²) in [5.41, 5.74) is 2.10. The molecule has 0 atom stereocenters. The molecule has 1 aromatic heterocycles. The van der Waals surface area contributed by atoms with Crippen LogP contribution in [0.15, 0.2) is 24.3 Å². The van der Waals surface area contributed by atoms with Crippen molar-refractivity contribution in [2.45, 2.75) is 45.2 Å². The van der Waals surface area contributed by atoms with Gasteiger partial charge in [0, 0.05) is 67.8 Å². The normalized spacial score (nSPS) is 21.7. The van der Waals surface area contributed by atoms with Crippen LogP contribution in [-0.2, 0) is 9.84 Å². The van der Waals surface area contributed by atoms with E-state index in [2.05, 4.69) is 4.90 Å². The minimum absolute atomic E-state index is 0.00725. The van der Waals surface area contributed by atoms with Crippen LogP contribution in [0.5, 0.6) is 0 Å². The van der Waals surface area contributed by atoms with E-state index in [9.17, 15) is 18.0 Å². The molecular weight excluding hydrogens is 452 g/mol. The molecule has 3 heterocycles. The second kappa shape index (κ2) is 9.00. The highest BCUT2D eigenvalue weighted by molar-refractivity contribution is 7.91. The fourth-order valence-corrected chi connectivity index (χ4v) is 6.59. The Morgan fingerprint density at radius 1 is 0.882 bits per heavy atom. The predicted octanol–water partition coefficient (Wildman–Crippen LogP) is 2.40. The largest absolute Gasteiger partial charge is 0.336 e. The van der Waals surface area contributed by atoms with Crippen LogP contribution in [0, 0.1) is 0 Å². The molecule has 2 aliphatic heterocycles. The summed E-state index contributed by atoms with van der Waals surface area (Å²) >= 11 is 0. The standard InChI is InChI=1S/C25H34N4O4S/c1-18(2)29-22-7-6-19(24(30)27-10-8-26(9-11-27)21-4-3-5-21)16-20(22)17-23(29)25(31)28-12-14-34(32,33)15-13-28/h6-7,16-18,21H,3-5,8-15H2,1-2H3. The number of amides is 2. The molecule has 1 aliphatic carbocycles. The molecule has 0 unspecified atom stereocenters. The molecule has 0 bridgehead atoms. The molecule has 2 aromatic rings. The van der Waals surface area contributed by atoms with Gasteiger partial charge in [0.05, 0.1) is 11.5 Å². The van der Waals surface area contributed by atoms with Crippen LogP contribution in [0.25, 0.3) is 10.9 Å². The minimum Gasteiger partial charge on any atom is -0.336 e. The lowest BCUT2D eigenvalue weighted by Crippen LogP contribution is -2.53. The molecule has 3 fully saturated rings. The Balaban J connectivity index is 1.37. The third-order valence-corrected chi connectivity index (χ3v) is 9.25. The van der Waals surface area contributed by atoms with Crippen molar-refractivity contribution in [3.63, 3.8) is 0 Å². The molecule has 2 saturated heterocycles. The molecule has 34 heavy (non-hydrogen) atoms. The van der Waals surface area contributed by atoms with Crippen molar-refractivity contribution in [3.05, 3.63) is 35.5 Å². The zero-order valence-corrected chi connectivity index (χ0v) is 20.9. The molecule has 184 valence electrons. The van der Waals surface area contributed by atoms with Crippen molar-refractivity contribution >= 4 is 32.6 Å². The second-order valence-corrected chi connectivity index (χ2v) is 12.4. The lowest BCUT2D eigenvalue weighted by molar-refractivity contribution is 0.0455. The number of sulfone groups is 1. The zero-order valence-electron chi connectivity index (χ0n) is 20.1. The van der Waals surface area contributed by atoms with Crippen LogP contribution < -0.4 is 0 Å². The van der Waals surface area contributed by atoms with Gasteiger partial charge in [-0.25, -0.2) is 8.42 Å². The molecule has 3 aliphatic rings. The van der Waals surface area contributed by atoms with E-state index in [1.165, 1.54) is 19.3 Å². The first-order chi connectivity index (χ1) is 16.2. The number of fused-ring (bicyclic) bond motifs is 1. The number of carbonyl (C=O) groups excluding carboxylic acids is 2. The van der Waals surface area contributed by atoms with Crippen molar-refractivity contribution < 1.29 is 18.0 Å². The predicted molar refractivity (Wildman–Crippen MR) is 132 cm³/mol. The van der Waals surface area contributed by atoms with Crippen LogP contribution in [0.4, 0.5) is 0 Å². The Hall–Kier alpha value is -2.39. The van der Waals surface area contributed by atoms with Crippen LogP contribution >= 0.6 is 0 Å². The molecule has 5 rings (SSSR count). The monoisotopic (exact) mass is 486 g/mol. The average Bonchev–Trinajstić information content (AvgIpc) is 3.16. The third kappa shape index (κ3) is 4.35. The van der Waals surface area contributed by atoms with E-state index in [4.69, 9.17) is 0 Å². The van der Waals surface area contributed by atoms with Gasteiger partial charge in [-0.05, 0) is 51.0 Å². The first kappa shape index (κ1) is 23.4. The molecule has 1 aromatic carbocycles. The highest BCUT2D eigenvalue weighted by atomic mass is 32.2. The van der Waals surface area contributed by atoms with Crippen molar-refractivity contribution in [1.29, 1.82) is 0 Å². The molecule has 0 N–H and O–H groups in total. The minimum atomic E-state index is -3.06. The summed E-state index contributed by atoms with van der Waals surface area (Å²) in [6.45, 7) is 7.87. The van der Waals surface area contributed by atoms with Gasteiger partial charge in [-0.1, -0.05) is 6.42 Å². The summed E-state index contributed by atoms with van der Waals surface area (Å²) in [6.07, 6.45) is 3.89. The molecule has 0 spiro atoms. The fraction of sp³-hybridized carbons (Fsp3) is 0.600. The van der Waals surface area contributed by atoms with Gasteiger partial charge < -0.3 is 14.4 Å². The molecule has 2 amide bonds. The summed E-state index contributed by atoms with van der Waals surface area (Å²) in [5, 5.41) is 0.862. The lowest BCUT2D eigenvalue weighted by Gasteiger charge is -2.42. The van der Waals surface area contributed by atoms with E-state index in [1.54, 1.807) is 4.90 Å². The number of aromatic nitrogens is 1. The Morgan fingerprint density at radius 3 is 2.12 bits per heavy atom. The fourth-order valence-electron chi connectivity index (χ4n) is 5.39. The quantitative estimate of drug-likeness (QED) is 0.663. The summed E-state index contributed by atoms with van der Waals surface area (Å²) in [5.74, 6) is -0.0954. The summed E-state index contributed by atoms with van der Waals surface area (Å²) in [7, 11) is -3.06. The van der Waals surface area contributed by atoms with E-state index in [-0.39, 0.29) is 42.5 Å². The first-order valence-corrected chi connectivity index (χ1v) is 14.2. The third-order valence-electron chi connectivity index (χ3n) is 7.65. The van der Waals surface area contributed by atoms with Gasteiger partial charge in [-0.2, -0.15) is 0 Å². The average molecular weight is 487 g/mol. The summed E-state index contributed by atoms with van der Waals surface area (Å²) < 4.78 is 25.6. The van der Waals surface area contributed by atoms with E-state index < -0.39 is 9.84 Å². The van der Waals surface area contributed by atoms with Crippen LogP contribution in [0.1, 0.15) is 60.0 Å². The Labute approximate surface area is 201 Å². The molecular formula is C25H34N4O4S. The maximum absolute atomic E-state index is 13.3. The first-order valence-electron chi connectivity index (χ1n) is 12.4. The van der Waals surface area contributed by atoms with E-state index in [1.807, 2.05) is 47.6 Å². The molecule has 0 radical (unpaired) electrons.